The minimum absolute atomic E-state index is 0.00981. The molecule has 0 amide bonds. The van der Waals surface area contributed by atoms with Crippen molar-refractivity contribution >= 4 is 29.0 Å². The van der Waals surface area contributed by atoms with Crippen LogP contribution in [0.3, 0.4) is 0 Å². The van der Waals surface area contributed by atoms with Gasteiger partial charge in [0.25, 0.3) is 0 Å². The molecule has 3 aromatic rings. The maximum Gasteiger partial charge on any atom is 0.153 e. The van der Waals surface area contributed by atoms with E-state index in [1.54, 1.807) is 6.07 Å². The number of hydrogen-bond donors (Lipinski definition) is 2. The highest BCUT2D eigenvalue weighted by atomic mass is 35.5. The van der Waals surface area contributed by atoms with Crippen LogP contribution < -0.4 is 10.6 Å². The van der Waals surface area contributed by atoms with Gasteiger partial charge in [0.15, 0.2) is 5.82 Å². The van der Waals surface area contributed by atoms with Gasteiger partial charge in [-0.1, -0.05) is 35.3 Å². The molecule has 6 rings (SSSR count). The Bertz CT molecular complexity index is 1290. The zero-order valence-corrected chi connectivity index (χ0v) is 20.9. The topological polar surface area (TPSA) is 93.1 Å². The van der Waals surface area contributed by atoms with Crippen molar-refractivity contribution in [2.24, 2.45) is 18.2 Å². The number of aliphatic hydroxyl groups is 1. The molecule has 7 nitrogen and oxygen atoms in total. The number of nitrogens with zero attached hydrogens (tertiary/aromatic N) is 5. The van der Waals surface area contributed by atoms with Gasteiger partial charge >= 0.3 is 0 Å². The minimum atomic E-state index is -0.936. The molecular weight excluding hydrogens is 471 g/mol. The van der Waals surface area contributed by atoms with Crippen LogP contribution in [0.5, 0.6) is 0 Å². The third-order valence-electron chi connectivity index (χ3n) is 8.02. The average molecular weight is 499 g/mol. The fourth-order valence-electron chi connectivity index (χ4n) is 5.75. The van der Waals surface area contributed by atoms with Crippen LogP contribution in [0.4, 0.5) is 5.82 Å². The number of anilines is 1. The summed E-state index contributed by atoms with van der Waals surface area (Å²) in [5.41, 5.74) is 11.0. The van der Waals surface area contributed by atoms with Crippen molar-refractivity contribution in [2.75, 3.05) is 18.0 Å². The molecule has 2 fully saturated rings. The van der Waals surface area contributed by atoms with Crippen molar-refractivity contribution in [1.82, 2.24) is 19.5 Å². The Hall–Kier alpha value is -2.19. The van der Waals surface area contributed by atoms with Crippen LogP contribution in [-0.2, 0) is 19.1 Å². The molecule has 1 aliphatic heterocycles. The predicted octanol–water partition coefficient (Wildman–Crippen LogP) is 4.32. The number of hydrogen-bond acceptors (Lipinski definition) is 6. The first-order chi connectivity index (χ1) is 16.2. The summed E-state index contributed by atoms with van der Waals surface area (Å²) in [6.07, 6.45) is 6.05. The SMILES string of the molecule is Cc1nc(N2CCC3(CC2)Cc2ncn(C)c2[C@H]3N)c(C2(O)CC2)nc1-c1cccc(Cl)c1Cl. The molecule has 0 bridgehead atoms. The molecule has 0 unspecified atom stereocenters. The van der Waals surface area contributed by atoms with Crippen LogP contribution in [0.25, 0.3) is 11.3 Å². The van der Waals surface area contributed by atoms with Gasteiger partial charge < -0.3 is 20.3 Å². The number of rotatable bonds is 3. The Kier molecular flexibility index (Phi) is 5.02. The zero-order chi connectivity index (χ0) is 23.8. The minimum Gasteiger partial charge on any atom is -0.383 e. The van der Waals surface area contributed by atoms with Crippen LogP contribution in [-0.4, -0.2) is 37.7 Å². The van der Waals surface area contributed by atoms with Crippen molar-refractivity contribution < 1.29 is 5.11 Å². The molecule has 178 valence electrons. The monoisotopic (exact) mass is 498 g/mol. The molecule has 3 aliphatic rings. The van der Waals surface area contributed by atoms with E-state index in [1.165, 1.54) is 5.69 Å². The van der Waals surface area contributed by atoms with Crippen LogP contribution in [0.15, 0.2) is 24.5 Å². The lowest BCUT2D eigenvalue weighted by Gasteiger charge is -2.43. The van der Waals surface area contributed by atoms with E-state index in [0.717, 1.165) is 55.1 Å². The van der Waals surface area contributed by atoms with Crippen molar-refractivity contribution in [3.05, 3.63) is 57.3 Å². The van der Waals surface area contributed by atoms with Crippen molar-refractivity contribution in [3.8, 4) is 11.3 Å². The first kappa shape index (κ1) is 22.3. The van der Waals surface area contributed by atoms with Crippen molar-refractivity contribution in [1.29, 1.82) is 0 Å². The molecule has 3 heterocycles. The predicted molar refractivity (Wildman–Crippen MR) is 133 cm³/mol. The van der Waals surface area contributed by atoms with Gasteiger partial charge in [-0.25, -0.2) is 15.0 Å². The van der Waals surface area contributed by atoms with Gasteiger partial charge in [0.05, 0.1) is 45.2 Å². The van der Waals surface area contributed by atoms with Crippen LogP contribution in [0.1, 0.15) is 54.5 Å². The second-order valence-corrected chi connectivity index (χ2v) is 10.9. The van der Waals surface area contributed by atoms with Gasteiger partial charge in [0.1, 0.15) is 11.3 Å². The van der Waals surface area contributed by atoms with E-state index in [0.29, 0.717) is 34.3 Å². The number of imidazole rings is 1. The van der Waals surface area contributed by atoms with Gasteiger partial charge in [0.2, 0.25) is 0 Å². The van der Waals surface area contributed by atoms with Gasteiger partial charge in [-0.3, -0.25) is 0 Å². The van der Waals surface area contributed by atoms with E-state index < -0.39 is 5.60 Å². The van der Waals surface area contributed by atoms with Gasteiger partial charge in [-0.2, -0.15) is 0 Å². The van der Waals surface area contributed by atoms with Crippen LogP contribution in [0.2, 0.25) is 10.0 Å². The number of benzene rings is 1. The first-order valence-electron chi connectivity index (χ1n) is 11.8. The zero-order valence-electron chi connectivity index (χ0n) is 19.4. The standard InChI is InChI=1S/C25H28Cl2N6O/c1-14-19(15-4-3-5-16(26)18(15)27)31-22(25(34)6-7-25)23(30-14)33-10-8-24(9-11-33)12-17-20(21(24)28)32(2)13-29-17/h3-5,13,21,34H,6-12,28H2,1-2H3/t21-/m1/s1. The average Bonchev–Trinajstić information content (AvgIpc) is 3.38. The van der Waals surface area contributed by atoms with Crippen LogP contribution >= 0.6 is 23.2 Å². The summed E-state index contributed by atoms with van der Waals surface area (Å²) < 4.78 is 2.07. The molecule has 34 heavy (non-hydrogen) atoms. The summed E-state index contributed by atoms with van der Waals surface area (Å²) in [5, 5.41) is 12.1. The molecule has 0 radical (unpaired) electrons. The highest BCUT2D eigenvalue weighted by molar-refractivity contribution is 6.43. The van der Waals surface area contributed by atoms with Gasteiger partial charge in [0, 0.05) is 31.1 Å². The number of piperidine rings is 1. The Morgan fingerprint density at radius 3 is 2.53 bits per heavy atom. The van der Waals surface area contributed by atoms with E-state index in [-0.39, 0.29) is 11.5 Å². The van der Waals surface area contributed by atoms with Gasteiger partial charge in [-0.05, 0) is 45.1 Å². The highest BCUT2D eigenvalue weighted by Crippen LogP contribution is 2.52. The second-order valence-electron chi connectivity index (χ2n) is 10.2. The number of aromatic nitrogens is 4. The number of nitrogens with two attached hydrogens (primary N) is 1. The summed E-state index contributed by atoms with van der Waals surface area (Å²) in [6.45, 7) is 3.57. The molecule has 3 N–H and O–H groups in total. The Morgan fingerprint density at radius 1 is 1.12 bits per heavy atom. The normalized spacial score (nSPS) is 22.3. The fourth-order valence-corrected chi connectivity index (χ4v) is 6.14. The Balaban J connectivity index is 1.33. The highest BCUT2D eigenvalue weighted by Gasteiger charge is 2.50. The van der Waals surface area contributed by atoms with Crippen molar-refractivity contribution in [2.45, 2.75) is 50.7 Å². The summed E-state index contributed by atoms with van der Waals surface area (Å²) >= 11 is 12.8. The molecule has 2 aliphatic carbocycles. The summed E-state index contributed by atoms with van der Waals surface area (Å²) in [4.78, 5) is 16.8. The molecule has 9 heteroatoms. The van der Waals surface area contributed by atoms with Crippen LogP contribution in [0, 0.1) is 12.3 Å². The summed E-state index contributed by atoms with van der Waals surface area (Å²) in [7, 11) is 2.02. The fraction of sp³-hybridized carbons (Fsp3) is 0.480. The first-order valence-corrected chi connectivity index (χ1v) is 12.5. The molecule has 1 saturated heterocycles. The van der Waals surface area contributed by atoms with E-state index in [4.69, 9.17) is 38.9 Å². The third-order valence-corrected chi connectivity index (χ3v) is 8.84. The number of halogens is 2. The smallest absolute Gasteiger partial charge is 0.153 e. The maximum absolute atomic E-state index is 11.1. The van der Waals surface area contributed by atoms with E-state index in [9.17, 15) is 5.11 Å². The molecule has 1 aromatic carbocycles. The molecule has 2 aromatic heterocycles. The van der Waals surface area contributed by atoms with E-state index >= 15 is 0 Å². The molecule has 1 spiro atoms. The molecular formula is C25H28Cl2N6O. The maximum atomic E-state index is 11.1. The Morgan fingerprint density at radius 2 is 1.85 bits per heavy atom. The lowest BCUT2D eigenvalue weighted by atomic mass is 9.73. The largest absolute Gasteiger partial charge is 0.383 e. The molecule has 1 saturated carbocycles. The summed E-state index contributed by atoms with van der Waals surface area (Å²) in [5.74, 6) is 0.774. The lowest BCUT2D eigenvalue weighted by molar-refractivity contribution is 0.145. The molecule has 1 atom stereocenters. The van der Waals surface area contributed by atoms with Crippen molar-refractivity contribution in [3.63, 3.8) is 0 Å². The second kappa shape index (κ2) is 7.65. The number of fused-ring (bicyclic) bond motifs is 1. The summed E-state index contributed by atoms with van der Waals surface area (Å²) in [6, 6.07) is 5.49. The lowest BCUT2D eigenvalue weighted by Crippen LogP contribution is -2.45. The number of aryl methyl sites for hydroxylation is 2. The van der Waals surface area contributed by atoms with E-state index in [1.807, 2.05) is 32.4 Å². The van der Waals surface area contributed by atoms with E-state index in [2.05, 4.69) is 14.5 Å². The third kappa shape index (κ3) is 3.28. The quantitative estimate of drug-likeness (QED) is 0.558. The van der Waals surface area contributed by atoms with Gasteiger partial charge in [-0.15, -0.1) is 0 Å². The Labute approximate surface area is 208 Å².